The minimum absolute atomic E-state index is 0.205. The Hall–Kier alpha value is -2.93. The number of pyridine rings is 1. The molecule has 0 bridgehead atoms. The summed E-state index contributed by atoms with van der Waals surface area (Å²) in [5.41, 5.74) is 6.21. The maximum Gasteiger partial charge on any atom is 0.174 e. The van der Waals surface area contributed by atoms with E-state index in [0.29, 0.717) is 20.7 Å². The maximum absolute atomic E-state index is 14.1. The van der Waals surface area contributed by atoms with E-state index in [1.807, 2.05) is 43.3 Å². The molecular weight excluding hydrogens is 502 g/mol. The van der Waals surface area contributed by atoms with Crippen LogP contribution in [-0.4, -0.2) is 14.7 Å². The van der Waals surface area contributed by atoms with Crippen LogP contribution in [0.3, 0.4) is 0 Å². The van der Waals surface area contributed by atoms with E-state index in [0.717, 1.165) is 34.0 Å². The first-order valence-corrected chi connectivity index (χ1v) is 12.3. The van der Waals surface area contributed by atoms with Crippen LogP contribution >= 0.6 is 35.4 Å². The quantitative estimate of drug-likeness (QED) is 0.281. The molecule has 178 valence electrons. The van der Waals surface area contributed by atoms with Crippen LogP contribution in [0.15, 0.2) is 66.9 Å². The number of hydrogen-bond acceptors (Lipinski definition) is 2. The number of nitrogens with zero attached hydrogens (tertiary/aromatic N) is 3. The summed E-state index contributed by atoms with van der Waals surface area (Å²) in [4.78, 5) is 6.67. The average Bonchev–Trinajstić information content (AvgIpc) is 3.32. The molecule has 2 atom stereocenters. The highest BCUT2D eigenvalue weighted by atomic mass is 35.5. The zero-order valence-corrected chi connectivity index (χ0v) is 21.7. The monoisotopic (exact) mass is 524 g/mol. The second-order valence-electron chi connectivity index (χ2n) is 8.69. The minimum atomic E-state index is -0.250. The minimum Gasteiger partial charge on any atom is -0.351 e. The summed E-state index contributed by atoms with van der Waals surface area (Å²) in [7, 11) is 0. The highest BCUT2D eigenvalue weighted by Gasteiger charge is 2.42. The first kappa shape index (κ1) is 23.8. The van der Waals surface area contributed by atoms with Crippen molar-refractivity contribution in [2.75, 3.05) is 4.90 Å². The third-order valence-corrected chi connectivity index (χ3v) is 7.31. The van der Waals surface area contributed by atoms with Crippen LogP contribution in [0.25, 0.3) is 5.69 Å². The van der Waals surface area contributed by atoms with Crippen molar-refractivity contribution in [1.29, 1.82) is 0 Å². The van der Waals surface area contributed by atoms with Crippen LogP contribution < -0.4 is 10.2 Å². The molecular formula is C27H23Cl2FN4S. The fraction of sp³-hybridized carbons (Fsp3) is 0.185. The van der Waals surface area contributed by atoms with Gasteiger partial charge < -0.3 is 14.8 Å². The van der Waals surface area contributed by atoms with Crippen molar-refractivity contribution in [1.82, 2.24) is 14.9 Å². The van der Waals surface area contributed by atoms with Gasteiger partial charge >= 0.3 is 0 Å². The summed E-state index contributed by atoms with van der Waals surface area (Å²) in [5.74, 6) is -0.250. The van der Waals surface area contributed by atoms with Crippen molar-refractivity contribution in [2.45, 2.75) is 32.9 Å². The third kappa shape index (κ3) is 4.20. The Bertz CT molecular complexity index is 1440. The van der Waals surface area contributed by atoms with Crippen molar-refractivity contribution in [3.63, 3.8) is 0 Å². The third-order valence-electron chi connectivity index (χ3n) is 6.46. The molecule has 0 radical (unpaired) electrons. The molecule has 35 heavy (non-hydrogen) atoms. The smallest absolute Gasteiger partial charge is 0.174 e. The van der Waals surface area contributed by atoms with E-state index < -0.39 is 0 Å². The Morgan fingerprint density at radius 3 is 2.49 bits per heavy atom. The van der Waals surface area contributed by atoms with Gasteiger partial charge in [-0.15, -0.1) is 0 Å². The van der Waals surface area contributed by atoms with E-state index in [4.69, 9.17) is 35.4 Å². The summed E-state index contributed by atoms with van der Waals surface area (Å²) in [6.45, 7) is 5.87. The van der Waals surface area contributed by atoms with Crippen molar-refractivity contribution < 1.29 is 4.39 Å². The van der Waals surface area contributed by atoms with Gasteiger partial charge in [0.05, 0.1) is 28.5 Å². The predicted molar refractivity (Wildman–Crippen MR) is 144 cm³/mol. The normalized spacial score (nSPS) is 17.7. The van der Waals surface area contributed by atoms with Gasteiger partial charge in [0.25, 0.3) is 0 Å². The lowest BCUT2D eigenvalue weighted by Crippen LogP contribution is -2.29. The van der Waals surface area contributed by atoms with Gasteiger partial charge in [-0.2, -0.15) is 0 Å². The number of nitrogens with one attached hydrogen (secondary N) is 1. The van der Waals surface area contributed by atoms with Crippen molar-refractivity contribution in [3.05, 3.63) is 111 Å². The Morgan fingerprint density at radius 2 is 1.80 bits per heavy atom. The van der Waals surface area contributed by atoms with Gasteiger partial charge in [-0.3, -0.25) is 4.98 Å². The Morgan fingerprint density at radius 1 is 1.00 bits per heavy atom. The molecule has 4 nitrogen and oxygen atoms in total. The lowest BCUT2D eigenvalue weighted by atomic mass is 9.96. The van der Waals surface area contributed by atoms with E-state index in [-0.39, 0.29) is 17.9 Å². The van der Waals surface area contributed by atoms with Crippen LogP contribution in [-0.2, 0) is 0 Å². The topological polar surface area (TPSA) is 33.1 Å². The number of aromatic nitrogens is 2. The SMILES string of the molecule is Cc1cc(N2C(=S)NC(c3ccccn3)C2c2cc(C)n(-c3ccc(Cl)cc3Cl)c2C)ccc1F. The number of rotatable bonds is 4. The van der Waals surface area contributed by atoms with Gasteiger partial charge in [-0.05, 0) is 98.7 Å². The van der Waals surface area contributed by atoms with Gasteiger partial charge in [0, 0.05) is 28.3 Å². The van der Waals surface area contributed by atoms with E-state index >= 15 is 0 Å². The number of anilines is 1. The van der Waals surface area contributed by atoms with E-state index in [2.05, 4.69) is 32.8 Å². The molecule has 1 aliphatic heterocycles. The summed E-state index contributed by atoms with van der Waals surface area (Å²) < 4.78 is 16.2. The van der Waals surface area contributed by atoms with Crippen LogP contribution in [0.5, 0.6) is 0 Å². The maximum atomic E-state index is 14.1. The Kier molecular flexibility index (Phi) is 6.30. The fourth-order valence-corrected chi connectivity index (χ4v) is 5.69. The summed E-state index contributed by atoms with van der Waals surface area (Å²) >= 11 is 18.6. The predicted octanol–water partition coefficient (Wildman–Crippen LogP) is 7.42. The van der Waals surface area contributed by atoms with Crippen LogP contribution in [0, 0.1) is 26.6 Å². The molecule has 2 unspecified atom stereocenters. The van der Waals surface area contributed by atoms with Crippen LogP contribution in [0.4, 0.5) is 10.1 Å². The Labute approximate surface area is 219 Å². The number of halogens is 3. The largest absolute Gasteiger partial charge is 0.351 e. The molecule has 1 fully saturated rings. The standard InChI is InChI=1S/C27H23Cl2FN4S/c1-15-12-19(8-9-22(15)30)34-26(25(32-27(34)35)23-6-4-5-11-31-23)20-13-16(2)33(17(20)3)24-10-7-18(28)14-21(24)29/h4-14,25-26H,1-3H3,(H,32,35). The van der Waals surface area contributed by atoms with Crippen molar-refractivity contribution in [2.24, 2.45) is 0 Å². The number of thiocarbonyl (C=S) groups is 1. The van der Waals surface area contributed by atoms with Gasteiger partial charge in [-0.1, -0.05) is 29.3 Å². The summed E-state index contributed by atoms with van der Waals surface area (Å²) in [6.07, 6.45) is 1.78. The number of hydrogen-bond donors (Lipinski definition) is 1. The zero-order valence-electron chi connectivity index (χ0n) is 19.4. The highest BCUT2D eigenvalue weighted by molar-refractivity contribution is 7.80. The van der Waals surface area contributed by atoms with Crippen molar-refractivity contribution in [3.8, 4) is 5.69 Å². The molecule has 0 saturated carbocycles. The van der Waals surface area contributed by atoms with Crippen LogP contribution in [0.1, 0.15) is 40.3 Å². The second kappa shape index (κ2) is 9.26. The number of benzene rings is 2. The molecule has 0 spiro atoms. The van der Waals surface area contributed by atoms with Gasteiger partial charge in [0.1, 0.15) is 5.82 Å². The molecule has 8 heteroatoms. The summed E-state index contributed by atoms with van der Waals surface area (Å²) in [5, 5.41) is 5.18. The lowest BCUT2D eigenvalue weighted by Gasteiger charge is -2.28. The summed E-state index contributed by atoms with van der Waals surface area (Å²) in [6, 6.07) is 18.1. The van der Waals surface area contributed by atoms with Gasteiger partial charge in [0.15, 0.2) is 5.11 Å². The van der Waals surface area contributed by atoms with E-state index in [1.165, 1.54) is 6.07 Å². The fourth-order valence-electron chi connectivity index (χ4n) is 4.85. The van der Waals surface area contributed by atoms with Gasteiger partial charge in [0.2, 0.25) is 0 Å². The van der Waals surface area contributed by atoms with Crippen LogP contribution in [0.2, 0.25) is 10.0 Å². The molecule has 3 heterocycles. The highest BCUT2D eigenvalue weighted by Crippen LogP contribution is 2.44. The number of aryl methyl sites for hydroxylation is 2. The first-order valence-electron chi connectivity index (χ1n) is 11.2. The van der Waals surface area contributed by atoms with Gasteiger partial charge in [-0.25, -0.2) is 4.39 Å². The second-order valence-corrected chi connectivity index (χ2v) is 9.92. The molecule has 2 aromatic carbocycles. The molecule has 4 aromatic rings. The molecule has 0 amide bonds. The average molecular weight is 525 g/mol. The zero-order chi connectivity index (χ0) is 24.9. The van der Waals surface area contributed by atoms with E-state index in [1.54, 1.807) is 25.3 Å². The lowest BCUT2D eigenvalue weighted by molar-refractivity contribution is 0.564. The molecule has 0 aliphatic carbocycles. The molecule has 1 saturated heterocycles. The first-order chi connectivity index (χ1) is 16.8. The molecule has 5 rings (SSSR count). The molecule has 2 aromatic heterocycles. The van der Waals surface area contributed by atoms with Crippen molar-refractivity contribution >= 4 is 46.2 Å². The molecule has 1 N–H and O–H groups in total. The Balaban J connectivity index is 1.70. The molecule has 1 aliphatic rings. The van der Waals surface area contributed by atoms with E-state index in [9.17, 15) is 4.39 Å².